The van der Waals surface area contributed by atoms with Gasteiger partial charge in [-0.15, -0.1) is 0 Å². The Kier molecular flexibility index (Phi) is 4.22. The first-order valence-corrected chi connectivity index (χ1v) is 9.60. The molecule has 7 heteroatoms. The number of carbonyl (C=O) groups excluding carboxylic acids is 2. The van der Waals surface area contributed by atoms with Gasteiger partial charge < -0.3 is 14.5 Å². The number of hydrogen-bond acceptors (Lipinski definition) is 4. The Morgan fingerprint density at radius 1 is 1.03 bits per heavy atom. The van der Waals surface area contributed by atoms with Crippen molar-refractivity contribution in [1.82, 2.24) is 4.98 Å². The number of carbonyl (C=O) groups is 2. The molecule has 0 spiro atoms. The Morgan fingerprint density at radius 3 is 2.53 bits per heavy atom. The molecule has 0 aliphatic carbocycles. The molecule has 6 nitrogen and oxygen atoms in total. The molecule has 1 saturated heterocycles. The maximum absolute atomic E-state index is 13.0. The van der Waals surface area contributed by atoms with Crippen LogP contribution in [0.1, 0.15) is 17.4 Å². The van der Waals surface area contributed by atoms with Crippen molar-refractivity contribution in [3.05, 3.63) is 95.0 Å². The predicted octanol–water partition coefficient (Wildman–Crippen LogP) is 5.04. The minimum Gasteiger partial charge on any atom is -0.507 e. The second-order valence-electron chi connectivity index (χ2n) is 6.91. The Bertz CT molecular complexity index is 1300. The van der Waals surface area contributed by atoms with Crippen LogP contribution < -0.4 is 4.90 Å². The van der Waals surface area contributed by atoms with E-state index in [1.165, 1.54) is 11.2 Å². The summed E-state index contributed by atoms with van der Waals surface area (Å²) in [5, 5.41) is 12.4. The third kappa shape index (κ3) is 2.73. The molecule has 0 saturated carbocycles. The molecule has 2 aromatic carbocycles. The Hall–Kier alpha value is -3.77. The highest BCUT2D eigenvalue weighted by atomic mass is 35.5. The number of amides is 1. The maximum atomic E-state index is 13.0. The van der Waals surface area contributed by atoms with E-state index in [9.17, 15) is 14.7 Å². The summed E-state index contributed by atoms with van der Waals surface area (Å²) in [4.78, 5) is 30.4. The van der Waals surface area contributed by atoms with Crippen LogP contribution in [0.5, 0.6) is 0 Å². The number of aromatic nitrogens is 1. The molecule has 148 valence electrons. The molecule has 1 aliphatic rings. The second-order valence-corrected chi connectivity index (χ2v) is 7.35. The topological polar surface area (TPSA) is 86.5 Å². The van der Waals surface area contributed by atoms with Gasteiger partial charge in [-0.1, -0.05) is 29.8 Å². The van der Waals surface area contributed by atoms with Crippen LogP contribution in [0.2, 0.25) is 5.02 Å². The number of rotatable bonds is 3. The lowest BCUT2D eigenvalue weighted by atomic mass is 9.99. The van der Waals surface area contributed by atoms with E-state index < -0.39 is 17.7 Å². The number of H-pyrrole nitrogens is 1. The number of aliphatic hydroxyl groups excluding tert-OH is 1. The number of ketones is 1. The van der Waals surface area contributed by atoms with Gasteiger partial charge in [-0.2, -0.15) is 0 Å². The van der Waals surface area contributed by atoms with Crippen molar-refractivity contribution in [1.29, 1.82) is 0 Å². The summed E-state index contributed by atoms with van der Waals surface area (Å²) in [7, 11) is 0. The molecule has 3 heterocycles. The van der Waals surface area contributed by atoms with Crippen molar-refractivity contribution < 1.29 is 19.1 Å². The van der Waals surface area contributed by atoms with E-state index in [0.29, 0.717) is 22.0 Å². The number of aromatic amines is 1. The summed E-state index contributed by atoms with van der Waals surface area (Å²) in [6.45, 7) is 0. The highest BCUT2D eigenvalue weighted by Gasteiger charge is 2.48. The Morgan fingerprint density at radius 2 is 1.80 bits per heavy atom. The van der Waals surface area contributed by atoms with Crippen LogP contribution in [-0.4, -0.2) is 21.8 Å². The highest BCUT2D eigenvalue weighted by molar-refractivity contribution is 6.51. The SMILES string of the molecule is O=C1C(=O)N(c2ccc(Cl)cc2)C(c2ccco2)/C1=C(/O)c1c[nH]c2ccccc12. The van der Waals surface area contributed by atoms with Gasteiger partial charge in [-0.25, -0.2) is 0 Å². The minimum atomic E-state index is -0.908. The second kappa shape index (κ2) is 6.93. The summed E-state index contributed by atoms with van der Waals surface area (Å²) >= 11 is 5.98. The zero-order valence-corrected chi connectivity index (χ0v) is 16.3. The van der Waals surface area contributed by atoms with Gasteiger partial charge >= 0.3 is 0 Å². The fourth-order valence-corrected chi connectivity index (χ4v) is 3.96. The lowest BCUT2D eigenvalue weighted by Crippen LogP contribution is -2.29. The molecule has 0 radical (unpaired) electrons. The highest BCUT2D eigenvalue weighted by Crippen LogP contribution is 2.43. The number of benzene rings is 2. The number of Topliss-reactive ketones (excluding diaryl/α,β-unsaturated/α-hetero) is 1. The quantitative estimate of drug-likeness (QED) is 0.277. The molecule has 1 amide bonds. The van der Waals surface area contributed by atoms with E-state index in [1.54, 1.807) is 42.6 Å². The lowest BCUT2D eigenvalue weighted by molar-refractivity contribution is -0.132. The molecule has 1 atom stereocenters. The molecule has 2 aromatic heterocycles. The van der Waals surface area contributed by atoms with Crippen LogP contribution in [0, 0.1) is 0 Å². The largest absolute Gasteiger partial charge is 0.507 e. The van der Waals surface area contributed by atoms with Crippen molar-refractivity contribution in [2.75, 3.05) is 4.90 Å². The van der Waals surface area contributed by atoms with Gasteiger partial charge in [-0.05, 0) is 42.5 Å². The fraction of sp³-hybridized carbons (Fsp3) is 0.0435. The molecule has 1 unspecified atom stereocenters. The van der Waals surface area contributed by atoms with Crippen molar-refractivity contribution in [3.8, 4) is 0 Å². The monoisotopic (exact) mass is 418 g/mol. The van der Waals surface area contributed by atoms with Gasteiger partial charge in [0.15, 0.2) is 0 Å². The fourth-order valence-electron chi connectivity index (χ4n) is 3.83. The van der Waals surface area contributed by atoms with Crippen molar-refractivity contribution in [2.45, 2.75) is 6.04 Å². The first-order chi connectivity index (χ1) is 14.6. The predicted molar refractivity (Wildman–Crippen MR) is 113 cm³/mol. The lowest BCUT2D eigenvalue weighted by Gasteiger charge is -2.23. The summed E-state index contributed by atoms with van der Waals surface area (Å²) < 4.78 is 5.55. The van der Waals surface area contributed by atoms with Crippen LogP contribution in [0.15, 0.2) is 83.1 Å². The van der Waals surface area contributed by atoms with E-state index in [1.807, 2.05) is 24.3 Å². The summed E-state index contributed by atoms with van der Waals surface area (Å²) in [5.41, 5.74) is 1.69. The van der Waals surface area contributed by atoms with Gasteiger partial charge in [0, 0.05) is 33.4 Å². The molecular formula is C23H15ClN2O4. The van der Waals surface area contributed by atoms with Crippen LogP contribution in [0.3, 0.4) is 0 Å². The minimum absolute atomic E-state index is 0.0327. The van der Waals surface area contributed by atoms with Gasteiger partial charge in [0.05, 0.1) is 11.8 Å². The number of para-hydroxylation sites is 1. The number of nitrogens with one attached hydrogen (secondary N) is 1. The van der Waals surface area contributed by atoms with Crippen LogP contribution in [-0.2, 0) is 9.59 Å². The molecule has 1 aliphatic heterocycles. The molecule has 1 fully saturated rings. The Balaban J connectivity index is 1.74. The number of anilines is 1. The number of hydrogen-bond donors (Lipinski definition) is 2. The van der Waals surface area contributed by atoms with Gasteiger partial charge in [0.2, 0.25) is 0 Å². The smallest absolute Gasteiger partial charge is 0.300 e. The number of nitrogens with zero attached hydrogens (tertiary/aromatic N) is 1. The normalized spacial score (nSPS) is 18.4. The number of halogens is 1. The third-order valence-corrected chi connectivity index (χ3v) is 5.46. The zero-order valence-electron chi connectivity index (χ0n) is 15.5. The average molecular weight is 419 g/mol. The van der Waals surface area contributed by atoms with E-state index in [4.69, 9.17) is 16.0 Å². The van der Waals surface area contributed by atoms with Crippen molar-refractivity contribution in [3.63, 3.8) is 0 Å². The van der Waals surface area contributed by atoms with Crippen LogP contribution >= 0.6 is 11.6 Å². The first-order valence-electron chi connectivity index (χ1n) is 9.22. The Labute approximate surface area is 176 Å². The van der Waals surface area contributed by atoms with E-state index >= 15 is 0 Å². The number of fused-ring (bicyclic) bond motifs is 1. The first kappa shape index (κ1) is 18.3. The maximum Gasteiger partial charge on any atom is 0.300 e. The average Bonchev–Trinajstić information content (AvgIpc) is 3.48. The van der Waals surface area contributed by atoms with Crippen LogP contribution in [0.25, 0.3) is 16.7 Å². The van der Waals surface area contributed by atoms with Crippen molar-refractivity contribution >= 4 is 45.6 Å². The molecular weight excluding hydrogens is 404 g/mol. The number of aliphatic hydroxyl groups is 1. The van der Waals surface area contributed by atoms with E-state index in [-0.39, 0.29) is 11.3 Å². The standard InChI is InChI=1S/C23H15ClN2O4/c24-13-7-9-14(10-8-13)26-20(18-6-3-11-30-18)19(22(28)23(26)29)21(27)16-12-25-17-5-2-1-4-15(16)17/h1-12,20,25,27H/b21-19-. The van der Waals surface area contributed by atoms with E-state index in [2.05, 4.69) is 4.98 Å². The zero-order chi connectivity index (χ0) is 20.8. The van der Waals surface area contributed by atoms with Crippen LogP contribution in [0.4, 0.5) is 5.69 Å². The molecule has 2 N–H and O–H groups in total. The molecule has 5 rings (SSSR count). The third-order valence-electron chi connectivity index (χ3n) is 5.21. The molecule has 30 heavy (non-hydrogen) atoms. The molecule has 0 bridgehead atoms. The summed E-state index contributed by atoms with van der Waals surface area (Å²) in [6, 6.07) is 16.4. The summed E-state index contributed by atoms with van der Waals surface area (Å²) in [5.74, 6) is -1.43. The van der Waals surface area contributed by atoms with Gasteiger partial charge in [-0.3, -0.25) is 14.5 Å². The van der Waals surface area contributed by atoms with E-state index in [0.717, 1.165) is 10.9 Å². The molecule has 4 aromatic rings. The number of furan rings is 1. The summed E-state index contributed by atoms with van der Waals surface area (Å²) in [6.07, 6.45) is 3.08. The van der Waals surface area contributed by atoms with Crippen molar-refractivity contribution in [2.24, 2.45) is 0 Å². The van der Waals surface area contributed by atoms with Gasteiger partial charge in [0.1, 0.15) is 17.6 Å². The van der Waals surface area contributed by atoms with Gasteiger partial charge in [0.25, 0.3) is 11.7 Å².